The summed E-state index contributed by atoms with van der Waals surface area (Å²) in [7, 11) is 0. The van der Waals surface area contributed by atoms with Crippen molar-refractivity contribution in [3.05, 3.63) is 56.5 Å². The number of nitrogens with two attached hydrogens (primary N) is 1. The van der Waals surface area contributed by atoms with E-state index >= 15 is 0 Å². The third kappa shape index (κ3) is 3.30. The van der Waals surface area contributed by atoms with Crippen LogP contribution in [0.3, 0.4) is 0 Å². The lowest BCUT2D eigenvalue weighted by molar-refractivity contribution is 0.469. The van der Waals surface area contributed by atoms with Gasteiger partial charge in [-0.25, -0.2) is 0 Å². The number of aryl methyl sites for hydroxylation is 2. The van der Waals surface area contributed by atoms with Gasteiger partial charge in [-0.1, -0.05) is 27.5 Å². The molecule has 0 amide bonds. The van der Waals surface area contributed by atoms with E-state index in [1.54, 1.807) is 0 Å². The van der Waals surface area contributed by atoms with Gasteiger partial charge < -0.3 is 10.5 Å². The summed E-state index contributed by atoms with van der Waals surface area (Å²) in [6, 6.07) is 9.61. The van der Waals surface area contributed by atoms with Gasteiger partial charge in [-0.05, 0) is 55.3 Å². The first kappa shape index (κ1) is 14.4. The molecule has 0 aromatic heterocycles. The zero-order valence-corrected chi connectivity index (χ0v) is 13.2. The van der Waals surface area contributed by atoms with Crippen LogP contribution in [-0.4, -0.2) is 0 Å². The van der Waals surface area contributed by atoms with Crippen LogP contribution in [0, 0.1) is 13.8 Å². The normalized spacial score (nSPS) is 10.6. The van der Waals surface area contributed by atoms with E-state index in [2.05, 4.69) is 15.9 Å². The van der Waals surface area contributed by atoms with Crippen molar-refractivity contribution in [3.8, 4) is 11.5 Å². The van der Waals surface area contributed by atoms with E-state index in [9.17, 15) is 0 Å². The van der Waals surface area contributed by atoms with Gasteiger partial charge in [0.1, 0.15) is 11.5 Å². The highest BCUT2D eigenvalue weighted by Crippen LogP contribution is 2.33. The first-order chi connectivity index (χ1) is 9.01. The fourth-order valence-electron chi connectivity index (χ4n) is 1.98. The smallest absolute Gasteiger partial charge is 0.133 e. The first-order valence-electron chi connectivity index (χ1n) is 5.94. The number of halogens is 2. The highest BCUT2D eigenvalue weighted by atomic mass is 79.9. The number of hydrogen-bond acceptors (Lipinski definition) is 2. The molecular formula is C15H15BrClNO. The Bertz CT molecular complexity index is 590. The van der Waals surface area contributed by atoms with E-state index in [1.165, 1.54) is 0 Å². The molecule has 2 nitrogen and oxygen atoms in total. The fraction of sp³-hybridized carbons (Fsp3) is 0.200. The summed E-state index contributed by atoms with van der Waals surface area (Å²) in [6.07, 6.45) is 0. The van der Waals surface area contributed by atoms with Crippen molar-refractivity contribution in [2.24, 2.45) is 5.73 Å². The van der Waals surface area contributed by atoms with Gasteiger partial charge in [0.25, 0.3) is 0 Å². The van der Waals surface area contributed by atoms with Gasteiger partial charge in [0, 0.05) is 21.6 Å². The molecule has 2 N–H and O–H groups in total. The number of rotatable bonds is 3. The number of ether oxygens (including phenoxy) is 1. The molecule has 2 rings (SSSR count). The third-order valence-corrected chi connectivity index (χ3v) is 3.59. The summed E-state index contributed by atoms with van der Waals surface area (Å²) in [5.74, 6) is 1.61. The summed E-state index contributed by atoms with van der Waals surface area (Å²) < 4.78 is 7.00. The van der Waals surface area contributed by atoms with Crippen LogP contribution in [-0.2, 0) is 6.54 Å². The standard InChI is InChI=1S/C15H15BrClNO/c1-9-5-13(17)6-10(2)15(9)19-14-4-3-12(16)7-11(14)8-18/h3-7H,8,18H2,1-2H3. The highest BCUT2D eigenvalue weighted by Gasteiger charge is 2.10. The lowest BCUT2D eigenvalue weighted by atomic mass is 10.1. The molecule has 0 fully saturated rings. The maximum Gasteiger partial charge on any atom is 0.133 e. The van der Waals surface area contributed by atoms with Crippen LogP contribution in [0.2, 0.25) is 5.02 Å². The molecule has 19 heavy (non-hydrogen) atoms. The minimum Gasteiger partial charge on any atom is -0.456 e. The second kappa shape index (κ2) is 5.95. The number of benzene rings is 2. The van der Waals surface area contributed by atoms with Crippen molar-refractivity contribution in [2.45, 2.75) is 20.4 Å². The minimum absolute atomic E-state index is 0.431. The van der Waals surface area contributed by atoms with Crippen LogP contribution in [0.15, 0.2) is 34.8 Å². The van der Waals surface area contributed by atoms with Gasteiger partial charge in [0.15, 0.2) is 0 Å². The molecule has 0 aliphatic carbocycles. The van der Waals surface area contributed by atoms with Crippen molar-refractivity contribution >= 4 is 27.5 Å². The predicted molar refractivity (Wildman–Crippen MR) is 83.0 cm³/mol. The Hall–Kier alpha value is -1.03. The molecule has 2 aromatic carbocycles. The van der Waals surface area contributed by atoms with Crippen molar-refractivity contribution in [2.75, 3.05) is 0 Å². The Kier molecular flexibility index (Phi) is 4.50. The molecule has 2 aromatic rings. The average Bonchev–Trinajstić information content (AvgIpc) is 2.35. The quantitative estimate of drug-likeness (QED) is 0.856. The molecule has 4 heteroatoms. The van der Waals surface area contributed by atoms with Gasteiger partial charge in [-0.2, -0.15) is 0 Å². The van der Waals surface area contributed by atoms with Gasteiger partial charge in [0.2, 0.25) is 0 Å². The van der Waals surface area contributed by atoms with Gasteiger partial charge in [-0.3, -0.25) is 0 Å². The van der Waals surface area contributed by atoms with E-state index in [1.807, 2.05) is 44.2 Å². The van der Waals surface area contributed by atoms with Crippen molar-refractivity contribution in [1.29, 1.82) is 0 Å². The van der Waals surface area contributed by atoms with E-state index in [4.69, 9.17) is 22.1 Å². The van der Waals surface area contributed by atoms with E-state index in [0.717, 1.165) is 37.7 Å². The Morgan fingerprint density at radius 2 is 1.79 bits per heavy atom. The second-order valence-corrected chi connectivity index (χ2v) is 5.78. The Morgan fingerprint density at radius 1 is 1.16 bits per heavy atom. The molecular weight excluding hydrogens is 326 g/mol. The van der Waals surface area contributed by atoms with Crippen LogP contribution in [0.1, 0.15) is 16.7 Å². The van der Waals surface area contributed by atoms with E-state index in [0.29, 0.717) is 6.54 Å². The Labute approximate surface area is 126 Å². The van der Waals surface area contributed by atoms with E-state index in [-0.39, 0.29) is 0 Å². The zero-order valence-electron chi connectivity index (χ0n) is 10.8. The van der Waals surface area contributed by atoms with Crippen LogP contribution in [0.5, 0.6) is 11.5 Å². The molecule has 0 radical (unpaired) electrons. The summed E-state index contributed by atoms with van der Waals surface area (Å²) in [6.45, 7) is 4.39. The Balaban J connectivity index is 2.42. The van der Waals surface area contributed by atoms with Crippen LogP contribution in [0.4, 0.5) is 0 Å². The Morgan fingerprint density at radius 3 is 2.37 bits per heavy atom. The van der Waals surface area contributed by atoms with Crippen LogP contribution < -0.4 is 10.5 Å². The molecule has 0 aliphatic rings. The summed E-state index contributed by atoms with van der Waals surface area (Å²) in [4.78, 5) is 0. The summed E-state index contributed by atoms with van der Waals surface area (Å²) in [5.41, 5.74) is 8.73. The van der Waals surface area contributed by atoms with Crippen molar-refractivity contribution < 1.29 is 4.74 Å². The predicted octanol–water partition coefficient (Wildman–Crippen LogP) is 4.97. The molecule has 0 saturated carbocycles. The SMILES string of the molecule is Cc1cc(Cl)cc(C)c1Oc1ccc(Br)cc1CN. The van der Waals surface area contributed by atoms with Gasteiger partial charge >= 0.3 is 0 Å². The van der Waals surface area contributed by atoms with Crippen LogP contribution in [0.25, 0.3) is 0 Å². The van der Waals surface area contributed by atoms with E-state index < -0.39 is 0 Å². The molecule has 100 valence electrons. The molecule has 0 bridgehead atoms. The van der Waals surface area contributed by atoms with Crippen molar-refractivity contribution in [1.82, 2.24) is 0 Å². The molecule has 0 aliphatic heterocycles. The minimum atomic E-state index is 0.431. The van der Waals surface area contributed by atoms with Crippen molar-refractivity contribution in [3.63, 3.8) is 0 Å². The second-order valence-electron chi connectivity index (χ2n) is 4.43. The number of hydrogen-bond donors (Lipinski definition) is 1. The maximum absolute atomic E-state index is 6.02. The lowest BCUT2D eigenvalue weighted by Gasteiger charge is -2.15. The zero-order chi connectivity index (χ0) is 14.0. The molecule has 0 atom stereocenters. The molecule has 0 spiro atoms. The third-order valence-electron chi connectivity index (χ3n) is 2.88. The molecule has 0 saturated heterocycles. The highest BCUT2D eigenvalue weighted by molar-refractivity contribution is 9.10. The van der Waals surface area contributed by atoms with Crippen LogP contribution >= 0.6 is 27.5 Å². The fourth-order valence-corrected chi connectivity index (χ4v) is 2.71. The molecule has 0 heterocycles. The van der Waals surface area contributed by atoms with Gasteiger partial charge in [-0.15, -0.1) is 0 Å². The average molecular weight is 341 g/mol. The van der Waals surface area contributed by atoms with Gasteiger partial charge in [0.05, 0.1) is 0 Å². The maximum atomic E-state index is 6.02. The summed E-state index contributed by atoms with van der Waals surface area (Å²) in [5, 5.41) is 0.720. The largest absolute Gasteiger partial charge is 0.456 e. The monoisotopic (exact) mass is 339 g/mol. The molecule has 0 unspecified atom stereocenters. The topological polar surface area (TPSA) is 35.2 Å². The lowest BCUT2D eigenvalue weighted by Crippen LogP contribution is -2.00. The first-order valence-corrected chi connectivity index (χ1v) is 7.11. The summed E-state index contributed by atoms with van der Waals surface area (Å²) >= 11 is 9.46.